The molecular formula is C11H12ClF2N5O. The van der Waals surface area contributed by atoms with Gasteiger partial charge in [-0.1, -0.05) is 11.6 Å². The molecule has 0 aromatic carbocycles. The van der Waals surface area contributed by atoms with Gasteiger partial charge < -0.3 is 5.32 Å². The first-order valence-corrected chi connectivity index (χ1v) is 6.22. The fourth-order valence-electron chi connectivity index (χ4n) is 1.66. The first-order chi connectivity index (χ1) is 9.52. The molecule has 1 N–H and O–H groups in total. The average Bonchev–Trinajstić information content (AvgIpc) is 3.03. The van der Waals surface area contributed by atoms with Gasteiger partial charge in [0.1, 0.15) is 5.69 Å². The van der Waals surface area contributed by atoms with Crippen molar-refractivity contribution in [3.63, 3.8) is 0 Å². The van der Waals surface area contributed by atoms with E-state index in [1.807, 2.05) is 6.92 Å². The Bertz CT molecular complexity index is 610. The lowest BCUT2D eigenvalue weighted by Gasteiger charge is -2.06. The van der Waals surface area contributed by atoms with E-state index in [0.717, 1.165) is 6.20 Å². The number of amides is 1. The molecule has 0 aliphatic heterocycles. The Hall–Kier alpha value is -1.96. The molecule has 0 saturated heterocycles. The molecule has 0 radical (unpaired) electrons. The fourth-order valence-corrected chi connectivity index (χ4v) is 1.87. The van der Waals surface area contributed by atoms with Crippen molar-refractivity contribution in [3.8, 4) is 0 Å². The monoisotopic (exact) mass is 303 g/mol. The second-order valence-electron chi connectivity index (χ2n) is 3.90. The molecule has 1 amide bonds. The van der Waals surface area contributed by atoms with Gasteiger partial charge in [-0.05, 0) is 13.0 Å². The molecule has 2 rings (SSSR count). The third-order valence-corrected chi connectivity index (χ3v) is 2.97. The summed E-state index contributed by atoms with van der Waals surface area (Å²) in [7, 11) is 0. The third-order valence-electron chi connectivity index (χ3n) is 2.65. The van der Waals surface area contributed by atoms with E-state index in [-0.39, 0.29) is 12.2 Å². The minimum absolute atomic E-state index is 0.0796. The number of hydrogen-bond donors (Lipinski definition) is 1. The Morgan fingerprint density at radius 3 is 2.90 bits per heavy atom. The van der Waals surface area contributed by atoms with Crippen LogP contribution in [0.15, 0.2) is 18.5 Å². The van der Waals surface area contributed by atoms with Crippen LogP contribution in [0.4, 0.5) is 8.78 Å². The second kappa shape index (κ2) is 6.00. The lowest BCUT2D eigenvalue weighted by atomic mass is 10.3. The van der Waals surface area contributed by atoms with E-state index < -0.39 is 12.5 Å². The number of nitrogens with one attached hydrogen (secondary N) is 1. The Morgan fingerprint density at radius 1 is 1.55 bits per heavy atom. The van der Waals surface area contributed by atoms with Gasteiger partial charge in [-0.2, -0.15) is 19.0 Å². The maximum atomic E-state index is 12.3. The highest BCUT2D eigenvalue weighted by atomic mass is 35.5. The van der Waals surface area contributed by atoms with Crippen LogP contribution in [0.5, 0.6) is 0 Å². The van der Waals surface area contributed by atoms with Gasteiger partial charge >= 0.3 is 6.55 Å². The Morgan fingerprint density at radius 2 is 2.30 bits per heavy atom. The van der Waals surface area contributed by atoms with Crippen LogP contribution in [-0.2, 0) is 13.1 Å². The van der Waals surface area contributed by atoms with Gasteiger partial charge in [0, 0.05) is 12.7 Å². The predicted octanol–water partition coefficient (Wildman–Crippen LogP) is 2.08. The molecule has 108 valence electrons. The van der Waals surface area contributed by atoms with Crippen molar-refractivity contribution >= 4 is 17.5 Å². The van der Waals surface area contributed by atoms with Crippen LogP contribution in [0.3, 0.4) is 0 Å². The van der Waals surface area contributed by atoms with Crippen molar-refractivity contribution in [1.29, 1.82) is 0 Å². The molecule has 6 nitrogen and oxygen atoms in total. The largest absolute Gasteiger partial charge is 0.345 e. The minimum Gasteiger partial charge on any atom is -0.345 e. The number of aryl methyl sites for hydroxylation is 1. The third kappa shape index (κ3) is 2.96. The summed E-state index contributed by atoms with van der Waals surface area (Å²) in [4.78, 5) is 11.8. The molecule has 0 unspecified atom stereocenters. The van der Waals surface area contributed by atoms with Crippen LogP contribution in [0.2, 0.25) is 5.02 Å². The molecule has 0 aliphatic rings. The zero-order chi connectivity index (χ0) is 14.7. The number of carbonyl (C=O) groups excluding carboxylic acids is 1. The minimum atomic E-state index is -2.77. The van der Waals surface area contributed by atoms with E-state index in [1.165, 1.54) is 12.3 Å². The number of rotatable bonds is 5. The highest BCUT2D eigenvalue weighted by Gasteiger charge is 2.15. The molecule has 0 atom stereocenters. The maximum Gasteiger partial charge on any atom is 0.333 e. The molecule has 0 saturated carbocycles. The summed E-state index contributed by atoms with van der Waals surface area (Å²) in [5, 5.41) is 10.5. The standard InChI is InChI=1S/C11H12ClF2N5O/c1-2-18-9(7(12)5-16-18)6-15-10(20)8-3-4-19(17-8)11(13)14/h3-5,11H,2,6H2,1H3,(H,15,20). The van der Waals surface area contributed by atoms with Crippen LogP contribution in [0, 0.1) is 0 Å². The van der Waals surface area contributed by atoms with Crippen LogP contribution >= 0.6 is 11.6 Å². The zero-order valence-electron chi connectivity index (χ0n) is 10.6. The summed E-state index contributed by atoms with van der Waals surface area (Å²) >= 11 is 5.95. The van der Waals surface area contributed by atoms with Crippen molar-refractivity contribution in [2.75, 3.05) is 0 Å². The van der Waals surface area contributed by atoms with E-state index in [1.54, 1.807) is 4.68 Å². The predicted molar refractivity (Wildman–Crippen MR) is 67.6 cm³/mol. The van der Waals surface area contributed by atoms with Crippen LogP contribution in [-0.4, -0.2) is 25.5 Å². The summed E-state index contributed by atoms with van der Waals surface area (Å²) in [6.45, 7) is -0.128. The van der Waals surface area contributed by atoms with E-state index in [2.05, 4.69) is 15.5 Å². The fraction of sp³-hybridized carbons (Fsp3) is 0.364. The van der Waals surface area contributed by atoms with Gasteiger partial charge in [-0.25, -0.2) is 4.68 Å². The van der Waals surface area contributed by atoms with Crippen LogP contribution < -0.4 is 5.32 Å². The first kappa shape index (κ1) is 14.4. The lowest BCUT2D eigenvalue weighted by molar-refractivity contribution is 0.0560. The van der Waals surface area contributed by atoms with E-state index in [4.69, 9.17) is 11.6 Å². The van der Waals surface area contributed by atoms with Crippen molar-refractivity contribution < 1.29 is 13.6 Å². The van der Waals surface area contributed by atoms with E-state index >= 15 is 0 Å². The number of halogens is 3. The molecule has 9 heteroatoms. The first-order valence-electron chi connectivity index (χ1n) is 5.84. The van der Waals surface area contributed by atoms with Crippen molar-refractivity contribution in [3.05, 3.63) is 34.9 Å². The topological polar surface area (TPSA) is 64.7 Å². The average molecular weight is 304 g/mol. The molecule has 0 bridgehead atoms. The molecule has 2 aromatic heterocycles. The summed E-state index contributed by atoms with van der Waals surface area (Å²) in [6.07, 6.45) is 2.53. The molecular weight excluding hydrogens is 292 g/mol. The molecule has 2 aromatic rings. The van der Waals surface area contributed by atoms with Gasteiger partial charge in [0.15, 0.2) is 0 Å². The van der Waals surface area contributed by atoms with Crippen molar-refractivity contribution in [2.24, 2.45) is 0 Å². The number of hydrogen-bond acceptors (Lipinski definition) is 3. The smallest absolute Gasteiger partial charge is 0.333 e. The molecule has 0 fully saturated rings. The highest BCUT2D eigenvalue weighted by molar-refractivity contribution is 6.31. The second-order valence-corrected chi connectivity index (χ2v) is 4.30. The Kier molecular flexibility index (Phi) is 4.33. The molecule has 0 aliphatic carbocycles. The summed E-state index contributed by atoms with van der Waals surface area (Å²) < 4.78 is 26.7. The van der Waals surface area contributed by atoms with Crippen molar-refractivity contribution in [1.82, 2.24) is 24.9 Å². The van der Waals surface area contributed by atoms with Crippen LogP contribution in [0.25, 0.3) is 0 Å². The van der Waals surface area contributed by atoms with Crippen molar-refractivity contribution in [2.45, 2.75) is 26.6 Å². The quantitative estimate of drug-likeness (QED) is 0.919. The van der Waals surface area contributed by atoms with Gasteiger partial charge in [0.2, 0.25) is 0 Å². The van der Waals surface area contributed by atoms with Gasteiger partial charge in [-0.15, -0.1) is 0 Å². The number of carbonyl (C=O) groups is 1. The van der Waals surface area contributed by atoms with Gasteiger partial charge in [-0.3, -0.25) is 9.48 Å². The number of alkyl halides is 2. The number of aromatic nitrogens is 4. The van der Waals surface area contributed by atoms with E-state index in [0.29, 0.717) is 21.9 Å². The number of nitrogens with zero attached hydrogens (tertiary/aromatic N) is 4. The summed E-state index contributed by atoms with van der Waals surface area (Å²) in [6, 6.07) is 1.22. The SMILES string of the molecule is CCn1ncc(Cl)c1CNC(=O)c1ccn(C(F)F)n1. The van der Waals surface area contributed by atoms with Gasteiger partial charge in [0.25, 0.3) is 5.91 Å². The Labute approximate surface area is 118 Å². The lowest BCUT2D eigenvalue weighted by Crippen LogP contribution is -2.25. The van der Waals surface area contributed by atoms with Gasteiger partial charge in [0.05, 0.1) is 23.5 Å². The van der Waals surface area contributed by atoms with Crippen LogP contribution in [0.1, 0.15) is 29.7 Å². The highest BCUT2D eigenvalue weighted by Crippen LogP contribution is 2.15. The summed E-state index contributed by atoms with van der Waals surface area (Å²) in [5.74, 6) is -0.552. The van der Waals surface area contributed by atoms with E-state index in [9.17, 15) is 13.6 Å². The molecule has 0 spiro atoms. The molecule has 20 heavy (non-hydrogen) atoms. The maximum absolute atomic E-state index is 12.3. The Balaban J connectivity index is 2.02. The molecule has 2 heterocycles. The zero-order valence-corrected chi connectivity index (χ0v) is 11.3. The normalized spacial score (nSPS) is 11.1. The summed E-state index contributed by atoms with van der Waals surface area (Å²) in [5.41, 5.74) is 0.569.